The summed E-state index contributed by atoms with van der Waals surface area (Å²) in [7, 11) is 0. The highest BCUT2D eigenvalue weighted by Crippen LogP contribution is 2.52. The maximum Gasteiger partial charge on any atom is 0.323 e. The SMILES string of the molecule is CCCCC1CCC(C(=O)OCC(C)C)(C(=O)OCC(C)C)C1CCCC. The Bertz CT molecular complexity index is 431. The monoisotopic (exact) mass is 382 g/mol. The molecule has 0 aromatic heterocycles. The highest BCUT2D eigenvalue weighted by molar-refractivity contribution is 6.01. The Morgan fingerprint density at radius 3 is 1.81 bits per heavy atom. The molecule has 1 aliphatic rings. The zero-order valence-corrected chi connectivity index (χ0v) is 18.5. The van der Waals surface area contributed by atoms with E-state index < -0.39 is 5.41 Å². The topological polar surface area (TPSA) is 52.6 Å². The van der Waals surface area contributed by atoms with Crippen molar-refractivity contribution in [2.24, 2.45) is 29.1 Å². The second-order valence-corrected chi connectivity index (χ2v) is 9.15. The van der Waals surface area contributed by atoms with Gasteiger partial charge in [-0.05, 0) is 42.9 Å². The van der Waals surface area contributed by atoms with Crippen LogP contribution >= 0.6 is 0 Å². The lowest BCUT2D eigenvalue weighted by molar-refractivity contribution is -0.178. The lowest BCUT2D eigenvalue weighted by Crippen LogP contribution is -2.46. The zero-order chi connectivity index (χ0) is 20.4. The van der Waals surface area contributed by atoms with Gasteiger partial charge in [-0.3, -0.25) is 9.59 Å². The molecule has 0 aromatic carbocycles. The van der Waals surface area contributed by atoms with Crippen LogP contribution in [-0.2, 0) is 19.1 Å². The van der Waals surface area contributed by atoms with Crippen LogP contribution in [0.25, 0.3) is 0 Å². The van der Waals surface area contributed by atoms with Crippen LogP contribution in [0, 0.1) is 29.1 Å². The molecule has 0 saturated heterocycles. The van der Waals surface area contributed by atoms with Crippen molar-refractivity contribution in [3.63, 3.8) is 0 Å². The quantitative estimate of drug-likeness (QED) is 0.317. The summed E-state index contributed by atoms with van der Waals surface area (Å²) in [4.78, 5) is 26.5. The summed E-state index contributed by atoms with van der Waals surface area (Å²) in [5.74, 6) is 0.279. The second-order valence-electron chi connectivity index (χ2n) is 9.15. The van der Waals surface area contributed by atoms with E-state index in [1.807, 2.05) is 27.7 Å². The summed E-state index contributed by atoms with van der Waals surface area (Å²) in [5.41, 5.74) is -1.10. The maximum absolute atomic E-state index is 13.2. The molecular weight excluding hydrogens is 340 g/mol. The van der Waals surface area contributed by atoms with Crippen molar-refractivity contribution in [1.29, 1.82) is 0 Å². The van der Waals surface area contributed by atoms with Crippen LogP contribution in [0.5, 0.6) is 0 Å². The Balaban J connectivity index is 3.14. The van der Waals surface area contributed by atoms with E-state index in [-0.39, 0.29) is 29.7 Å². The van der Waals surface area contributed by atoms with Crippen LogP contribution in [0.3, 0.4) is 0 Å². The summed E-state index contributed by atoms with van der Waals surface area (Å²) in [6.07, 6.45) is 7.86. The lowest BCUT2D eigenvalue weighted by Gasteiger charge is -2.34. The van der Waals surface area contributed by atoms with Gasteiger partial charge < -0.3 is 9.47 Å². The molecule has 0 radical (unpaired) electrons. The van der Waals surface area contributed by atoms with Crippen molar-refractivity contribution in [2.75, 3.05) is 13.2 Å². The molecule has 1 fully saturated rings. The van der Waals surface area contributed by atoms with E-state index in [9.17, 15) is 9.59 Å². The van der Waals surface area contributed by atoms with Gasteiger partial charge in [-0.2, -0.15) is 0 Å². The molecule has 4 heteroatoms. The highest BCUT2D eigenvalue weighted by Gasteiger charge is 2.60. The first-order valence-corrected chi connectivity index (χ1v) is 11.1. The number of hydrogen-bond acceptors (Lipinski definition) is 4. The molecule has 4 nitrogen and oxygen atoms in total. The van der Waals surface area contributed by atoms with Crippen molar-refractivity contribution in [3.05, 3.63) is 0 Å². The molecule has 27 heavy (non-hydrogen) atoms. The number of rotatable bonds is 12. The fourth-order valence-electron chi connectivity index (χ4n) is 4.25. The van der Waals surface area contributed by atoms with Crippen molar-refractivity contribution in [2.45, 2.75) is 92.9 Å². The lowest BCUT2D eigenvalue weighted by atomic mass is 9.71. The van der Waals surface area contributed by atoms with E-state index in [4.69, 9.17) is 9.47 Å². The molecule has 1 rings (SSSR count). The van der Waals surface area contributed by atoms with Gasteiger partial charge in [0.15, 0.2) is 5.41 Å². The van der Waals surface area contributed by atoms with Gasteiger partial charge in [0.1, 0.15) is 0 Å². The molecule has 0 N–H and O–H groups in total. The fraction of sp³-hybridized carbons (Fsp3) is 0.913. The first kappa shape index (κ1) is 24.0. The minimum absolute atomic E-state index is 0.0447. The second kappa shape index (κ2) is 11.7. The number of unbranched alkanes of at least 4 members (excludes halogenated alkanes) is 2. The van der Waals surface area contributed by atoms with Gasteiger partial charge in [0.25, 0.3) is 0 Å². The van der Waals surface area contributed by atoms with Crippen molar-refractivity contribution in [1.82, 2.24) is 0 Å². The molecule has 2 unspecified atom stereocenters. The molecule has 1 saturated carbocycles. The van der Waals surface area contributed by atoms with Crippen LogP contribution in [0.1, 0.15) is 92.9 Å². The number of carbonyl (C=O) groups is 2. The van der Waals surface area contributed by atoms with Gasteiger partial charge in [0.05, 0.1) is 13.2 Å². The van der Waals surface area contributed by atoms with E-state index in [1.165, 1.54) is 0 Å². The summed E-state index contributed by atoms with van der Waals surface area (Å²) in [5, 5.41) is 0. The number of hydrogen-bond donors (Lipinski definition) is 0. The van der Waals surface area contributed by atoms with E-state index in [2.05, 4.69) is 13.8 Å². The van der Waals surface area contributed by atoms with E-state index in [0.717, 1.165) is 44.9 Å². The fourth-order valence-corrected chi connectivity index (χ4v) is 4.25. The average molecular weight is 383 g/mol. The highest BCUT2D eigenvalue weighted by atomic mass is 16.6. The first-order valence-electron chi connectivity index (χ1n) is 11.1. The summed E-state index contributed by atoms with van der Waals surface area (Å²) in [6.45, 7) is 13.1. The summed E-state index contributed by atoms with van der Waals surface area (Å²) in [6, 6.07) is 0. The third kappa shape index (κ3) is 6.50. The molecule has 2 atom stereocenters. The van der Waals surface area contributed by atoms with Crippen molar-refractivity contribution < 1.29 is 19.1 Å². The molecule has 0 spiro atoms. The van der Waals surface area contributed by atoms with Crippen LogP contribution in [0.4, 0.5) is 0 Å². The molecular formula is C23H42O4. The predicted octanol–water partition coefficient (Wildman–Crippen LogP) is 5.78. The molecule has 158 valence electrons. The normalized spacial score (nSPS) is 21.6. The minimum atomic E-state index is -1.10. The Hall–Kier alpha value is -1.06. The molecule has 0 amide bonds. The van der Waals surface area contributed by atoms with Gasteiger partial charge in [-0.1, -0.05) is 73.6 Å². The van der Waals surface area contributed by atoms with Crippen molar-refractivity contribution in [3.8, 4) is 0 Å². The zero-order valence-electron chi connectivity index (χ0n) is 18.5. The smallest absolute Gasteiger partial charge is 0.323 e. The molecule has 0 aliphatic heterocycles. The molecule has 0 heterocycles. The molecule has 1 aliphatic carbocycles. The van der Waals surface area contributed by atoms with Gasteiger partial charge in [-0.25, -0.2) is 0 Å². The van der Waals surface area contributed by atoms with Crippen LogP contribution in [0.15, 0.2) is 0 Å². The number of ether oxygens (including phenoxy) is 2. The van der Waals surface area contributed by atoms with Crippen LogP contribution in [0.2, 0.25) is 0 Å². The first-order chi connectivity index (χ1) is 12.8. The minimum Gasteiger partial charge on any atom is -0.465 e. The third-order valence-corrected chi connectivity index (χ3v) is 5.73. The van der Waals surface area contributed by atoms with Crippen LogP contribution < -0.4 is 0 Å². The Morgan fingerprint density at radius 2 is 1.37 bits per heavy atom. The van der Waals surface area contributed by atoms with E-state index >= 15 is 0 Å². The summed E-state index contributed by atoms with van der Waals surface area (Å²) >= 11 is 0. The Labute approximate surface area is 166 Å². The molecule has 0 aromatic rings. The largest absolute Gasteiger partial charge is 0.465 e. The summed E-state index contributed by atoms with van der Waals surface area (Å²) < 4.78 is 11.3. The maximum atomic E-state index is 13.2. The van der Waals surface area contributed by atoms with E-state index in [1.54, 1.807) is 0 Å². The molecule has 0 bridgehead atoms. The van der Waals surface area contributed by atoms with Crippen LogP contribution in [-0.4, -0.2) is 25.2 Å². The standard InChI is InChI=1S/C23H42O4/c1-7-9-11-19-13-14-23(20(19)12-10-8-2,21(24)26-15-17(3)4)22(25)27-16-18(5)6/h17-20H,7-16H2,1-6H3. The third-order valence-electron chi connectivity index (χ3n) is 5.73. The number of carbonyl (C=O) groups excluding carboxylic acids is 2. The van der Waals surface area contributed by atoms with Crippen molar-refractivity contribution >= 4 is 11.9 Å². The van der Waals surface area contributed by atoms with E-state index in [0.29, 0.717) is 25.6 Å². The Morgan fingerprint density at radius 1 is 0.889 bits per heavy atom. The predicted molar refractivity (Wildman–Crippen MR) is 109 cm³/mol. The Kier molecular flexibility index (Phi) is 10.4. The van der Waals surface area contributed by atoms with Gasteiger partial charge >= 0.3 is 11.9 Å². The number of esters is 2. The van der Waals surface area contributed by atoms with Gasteiger partial charge in [0, 0.05) is 0 Å². The average Bonchev–Trinajstić information content (AvgIpc) is 2.99. The van der Waals surface area contributed by atoms with Gasteiger partial charge in [-0.15, -0.1) is 0 Å². The van der Waals surface area contributed by atoms with Gasteiger partial charge in [0.2, 0.25) is 0 Å².